The molecule has 0 aromatic carbocycles. The fraction of sp³-hybridized carbons (Fsp3) is 0.727. The van der Waals surface area contributed by atoms with Crippen LogP contribution in [0.2, 0.25) is 0 Å². The molecule has 1 aliphatic rings. The van der Waals surface area contributed by atoms with Crippen molar-refractivity contribution in [2.24, 2.45) is 0 Å². The lowest BCUT2D eigenvalue weighted by Crippen LogP contribution is -2.42. The van der Waals surface area contributed by atoms with Crippen molar-refractivity contribution in [1.82, 2.24) is 4.90 Å². The second-order valence-corrected chi connectivity index (χ2v) is 3.67. The maximum atomic E-state index is 11.3. The summed E-state index contributed by atoms with van der Waals surface area (Å²) < 4.78 is 4.73. The fourth-order valence-corrected chi connectivity index (χ4v) is 1.75. The van der Waals surface area contributed by atoms with Gasteiger partial charge in [0.05, 0.1) is 7.11 Å². The quantitative estimate of drug-likeness (QED) is 0.508. The van der Waals surface area contributed by atoms with E-state index in [0.717, 1.165) is 25.9 Å². The standard InChI is InChI=1S/C11H19NO2/c1-4-10-6-5-7-12(8-10)9(2)11(13)14-3/h6,9H,4-5,7-8H2,1-3H3. The maximum Gasteiger partial charge on any atom is 0.322 e. The third-order valence-corrected chi connectivity index (χ3v) is 2.80. The van der Waals surface area contributed by atoms with Crippen molar-refractivity contribution in [2.75, 3.05) is 20.2 Å². The zero-order valence-electron chi connectivity index (χ0n) is 9.25. The zero-order chi connectivity index (χ0) is 10.6. The van der Waals surface area contributed by atoms with Crippen LogP contribution in [0.4, 0.5) is 0 Å². The number of methoxy groups -OCH3 is 1. The van der Waals surface area contributed by atoms with E-state index in [1.54, 1.807) is 0 Å². The Bertz CT molecular complexity index is 235. The first-order chi connectivity index (χ1) is 6.69. The van der Waals surface area contributed by atoms with Crippen LogP contribution in [-0.2, 0) is 9.53 Å². The second kappa shape index (κ2) is 5.15. The Hall–Kier alpha value is -0.830. The van der Waals surface area contributed by atoms with Gasteiger partial charge in [0, 0.05) is 13.1 Å². The first-order valence-electron chi connectivity index (χ1n) is 5.18. The highest BCUT2D eigenvalue weighted by Gasteiger charge is 2.23. The van der Waals surface area contributed by atoms with Gasteiger partial charge in [-0.2, -0.15) is 0 Å². The monoisotopic (exact) mass is 197 g/mol. The molecule has 0 fully saturated rings. The minimum atomic E-state index is -0.137. The molecule has 0 amide bonds. The van der Waals surface area contributed by atoms with Crippen LogP contribution in [0.5, 0.6) is 0 Å². The molecule has 1 heterocycles. The van der Waals surface area contributed by atoms with Crippen LogP contribution in [0.25, 0.3) is 0 Å². The van der Waals surface area contributed by atoms with Crippen molar-refractivity contribution in [2.45, 2.75) is 32.7 Å². The molecular weight excluding hydrogens is 178 g/mol. The van der Waals surface area contributed by atoms with Gasteiger partial charge in [0.2, 0.25) is 0 Å². The Kier molecular flexibility index (Phi) is 4.14. The molecule has 3 nitrogen and oxygen atoms in total. The highest BCUT2D eigenvalue weighted by molar-refractivity contribution is 5.75. The first-order valence-corrected chi connectivity index (χ1v) is 5.18. The summed E-state index contributed by atoms with van der Waals surface area (Å²) in [5.74, 6) is -0.137. The molecule has 0 N–H and O–H groups in total. The van der Waals surface area contributed by atoms with E-state index in [-0.39, 0.29) is 12.0 Å². The molecule has 0 radical (unpaired) electrons. The number of carbonyl (C=O) groups is 1. The van der Waals surface area contributed by atoms with E-state index < -0.39 is 0 Å². The van der Waals surface area contributed by atoms with Gasteiger partial charge in [0.1, 0.15) is 6.04 Å². The van der Waals surface area contributed by atoms with Crippen LogP contribution < -0.4 is 0 Å². The molecule has 1 atom stereocenters. The summed E-state index contributed by atoms with van der Waals surface area (Å²) >= 11 is 0. The molecular formula is C11H19NO2. The molecule has 3 heteroatoms. The number of rotatable bonds is 3. The molecule has 0 aliphatic carbocycles. The molecule has 80 valence electrons. The van der Waals surface area contributed by atoms with Crippen LogP contribution in [0.1, 0.15) is 26.7 Å². The smallest absolute Gasteiger partial charge is 0.322 e. The molecule has 0 aromatic heterocycles. The van der Waals surface area contributed by atoms with Gasteiger partial charge in [-0.05, 0) is 19.8 Å². The summed E-state index contributed by atoms with van der Waals surface area (Å²) in [5, 5.41) is 0. The van der Waals surface area contributed by atoms with Crippen molar-refractivity contribution < 1.29 is 9.53 Å². The topological polar surface area (TPSA) is 29.5 Å². The predicted octanol–water partition coefficient (Wildman–Crippen LogP) is 1.59. The molecule has 0 spiro atoms. The molecule has 0 aromatic rings. The lowest BCUT2D eigenvalue weighted by molar-refractivity contribution is -0.146. The summed E-state index contributed by atoms with van der Waals surface area (Å²) in [6, 6.07) is -0.116. The molecule has 1 unspecified atom stereocenters. The van der Waals surface area contributed by atoms with Crippen molar-refractivity contribution in [3.05, 3.63) is 11.6 Å². The van der Waals surface area contributed by atoms with Crippen molar-refractivity contribution >= 4 is 5.97 Å². The number of nitrogens with zero attached hydrogens (tertiary/aromatic N) is 1. The van der Waals surface area contributed by atoms with Gasteiger partial charge >= 0.3 is 5.97 Å². The predicted molar refractivity (Wildman–Crippen MR) is 56.0 cm³/mol. The van der Waals surface area contributed by atoms with E-state index in [1.165, 1.54) is 12.7 Å². The van der Waals surface area contributed by atoms with Gasteiger partial charge in [-0.25, -0.2) is 0 Å². The highest BCUT2D eigenvalue weighted by atomic mass is 16.5. The van der Waals surface area contributed by atoms with Gasteiger partial charge in [0.25, 0.3) is 0 Å². The number of esters is 1. The van der Waals surface area contributed by atoms with Gasteiger partial charge in [-0.3, -0.25) is 9.69 Å². The fourth-order valence-electron chi connectivity index (χ4n) is 1.75. The van der Waals surface area contributed by atoms with Crippen molar-refractivity contribution in [1.29, 1.82) is 0 Å². The third-order valence-electron chi connectivity index (χ3n) is 2.80. The first kappa shape index (κ1) is 11.2. The number of ether oxygens (including phenoxy) is 1. The Morgan fingerprint density at radius 3 is 3.00 bits per heavy atom. The summed E-state index contributed by atoms with van der Waals surface area (Å²) in [6.07, 6.45) is 4.40. The summed E-state index contributed by atoms with van der Waals surface area (Å²) in [4.78, 5) is 13.5. The van der Waals surface area contributed by atoms with Gasteiger partial charge in [0.15, 0.2) is 0 Å². The number of hydrogen-bond acceptors (Lipinski definition) is 3. The molecule has 14 heavy (non-hydrogen) atoms. The van der Waals surface area contributed by atoms with E-state index in [2.05, 4.69) is 17.9 Å². The number of hydrogen-bond donors (Lipinski definition) is 0. The largest absolute Gasteiger partial charge is 0.468 e. The lowest BCUT2D eigenvalue weighted by atomic mass is 10.1. The average Bonchev–Trinajstić information content (AvgIpc) is 2.27. The van der Waals surface area contributed by atoms with E-state index in [9.17, 15) is 4.79 Å². The minimum absolute atomic E-state index is 0.116. The lowest BCUT2D eigenvalue weighted by Gasteiger charge is -2.30. The summed E-state index contributed by atoms with van der Waals surface area (Å²) in [6.45, 7) is 5.93. The van der Waals surface area contributed by atoms with Gasteiger partial charge < -0.3 is 4.74 Å². The SMILES string of the molecule is CCC1=CCCN(C(C)C(=O)OC)C1. The maximum absolute atomic E-state index is 11.3. The molecule has 1 aliphatic heterocycles. The molecule has 0 saturated carbocycles. The van der Waals surface area contributed by atoms with Gasteiger partial charge in [-0.1, -0.05) is 18.6 Å². The highest BCUT2D eigenvalue weighted by Crippen LogP contribution is 2.15. The minimum Gasteiger partial charge on any atom is -0.468 e. The Morgan fingerprint density at radius 1 is 1.71 bits per heavy atom. The van der Waals surface area contributed by atoms with E-state index in [4.69, 9.17) is 4.74 Å². The normalized spacial score (nSPS) is 20.1. The van der Waals surface area contributed by atoms with Crippen LogP contribution in [0.3, 0.4) is 0 Å². The van der Waals surface area contributed by atoms with Crippen LogP contribution >= 0.6 is 0 Å². The molecule has 1 rings (SSSR count). The van der Waals surface area contributed by atoms with Crippen LogP contribution in [-0.4, -0.2) is 37.1 Å². The Balaban J connectivity index is 2.54. The summed E-state index contributed by atoms with van der Waals surface area (Å²) in [5.41, 5.74) is 1.42. The van der Waals surface area contributed by atoms with E-state index in [1.807, 2.05) is 6.92 Å². The molecule has 0 bridgehead atoms. The zero-order valence-corrected chi connectivity index (χ0v) is 9.25. The average molecular weight is 197 g/mol. The van der Waals surface area contributed by atoms with Crippen molar-refractivity contribution in [3.8, 4) is 0 Å². The summed E-state index contributed by atoms with van der Waals surface area (Å²) in [7, 11) is 1.44. The second-order valence-electron chi connectivity index (χ2n) is 3.67. The van der Waals surface area contributed by atoms with E-state index in [0.29, 0.717) is 0 Å². The molecule has 0 saturated heterocycles. The van der Waals surface area contributed by atoms with Crippen LogP contribution in [0.15, 0.2) is 11.6 Å². The van der Waals surface area contributed by atoms with Crippen molar-refractivity contribution in [3.63, 3.8) is 0 Å². The Labute approximate surface area is 85.7 Å². The Morgan fingerprint density at radius 2 is 2.43 bits per heavy atom. The van der Waals surface area contributed by atoms with Gasteiger partial charge in [-0.15, -0.1) is 0 Å². The third kappa shape index (κ3) is 2.58. The van der Waals surface area contributed by atoms with Crippen LogP contribution in [0, 0.1) is 0 Å². The van der Waals surface area contributed by atoms with E-state index >= 15 is 0 Å². The number of carbonyl (C=O) groups excluding carboxylic acids is 1.